The first-order valence-corrected chi connectivity index (χ1v) is 8.55. The number of hydrogen-bond donors (Lipinski definition) is 1. The van der Waals surface area contributed by atoms with Gasteiger partial charge in [0, 0.05) is 30.8 Å². The fraction of sp³-hybridized carbons (Fsp3) is 0.625. The fourth-order valence-electron chi connectivity index (χ4n) is 2.88. The summed E-state index contributed by atoms with van der Waals surface area (Å²) in [7, 11) is 0. The van der Waals surface area contributed by atoms with E-state index in [1.165, 1.54) is 4.88 Å². The topological polar surface area (TPSA) is 57.6 Å². The third-order valence-electron chi connectivity index (χ3n) is 4.03. The first-order chi connectivity index (χ1) is 10.1. The Balaban J connectivity index is 1.70. The highest BCUT2D eigenvalue weighted by Gasteiger charge is 2.23. The Kier molecular flexibility index (Phi) is 6.23. The second-order valence-electron chi connectivity index (χ2n) is 5.71. The van der Waals surface area contributed by atoms with Crippen LogP contribution in [0, 0.1) is 5.92 Å². The number of amides is 1. The molecular formula is C16H23NO3S. The predicted molar refractivity (Wildman–Crippen MR) is 83.4 cm³/mol. The summed E-state index contributed by atoms with van der Waals surface area (Å²) in [4.78, 5) is 26.1. The molecule has 5 heteroatoms. The number of nitrogens with zero attached hydrogens (tertiary/aromatic N) is 1. The number of carboxylic acids is 1. The van der Waals surface area contributed by atoms with Crippen molar-refractivity contribution in [2.75, 3.05) is 13.1 Å². The molecule has 0 spiro atoms. The molecule has 1 aliphatic heterocycles. The molecule has 1 saturated heterocycles. The van der Waals surface area contributed by atoms with Crippen LogP contribution in [-0.4, -0.2) is 35.0 Å². The maximum Gasteiger partial charge on any atom is 0.303 e. The lowest BCUT2D eigenvalue weighted by atomic mass is 9.93. The van der Waals surface area contributed by atoms with E-state index in [0.29, 0.717) is 18.8 Å². The van der Waals surface area contributed by atoms with E-state index >= 15 is 0 Å². The van der Waals surface area contributed by atoms with Crippen molar-refractivity contribution in [3.63, 3.8) is 0 Å². The number of aryl methyl sites for hydroxylation is 1. The van der Waals surface area contributed by atoms with Crippen molar-refractivity contribution in [1.29, 1.82) is 0 Å². The van der Waals surface area contributed by atoms with Crippen molar-refractivity contribution < 1.29 is 14.7 Å². The van der Waals surface area contributed by atoms with Crippen molar-refractivity contribution in [1.82, 2.24) is 4.90 Å². The summed E-state index contributed by atoms with van der Waals surface area (Å²) in [6.07, 6.45) is 5.42. The summed E-state index contributed by atoms with van der Waals surface area (Å²) < 4.78 is 0. The molecule has 2 rings (SSSR count). The number of carbonyl (C=O) groups is 2. The number of carboxylic acid groups (broad SMARTS) is 1. The molecule has 1 N–H and O–H groups in total. The molecule has 0 aromatic carbocycles. The molecule has 1 fully saturated rings. The first-order valence-electron chi connectivity index (χ1n) is 7.67. The van der Waals surface area contributed by atoms with E-state index in [9.17, 15) is 9.59 Å². The van der Waals surface area contributed by atoms with Crippen LogP contribution in [0.3, 0.4) is 0 Å². The molecule has 1 aliphatic rings. The summed E-state index contributed by atoms with van der Waals surface area (Å²) >= 11 is 1.74. The number of hydrogen-bond acceptors (Lipinski definition) is 3. The van der Waals surface area contributed by atoms with Crippen LogP contribution in [0.5, 0.6) is 0 Å². The number of carbonyl (C=O) groups excluding carboxylic acids is 1. The molecule has 1 aromatic rings. The molecule has 1 aromatic heterocycles. The van der Waals surface area contributed by atoms with Crippen molar-refractivity contribution >= 4 is 23.2 Å². The van der Waals surface area contributed by atoms with Crippen molar-refractivity contribution in [3.8, 4) is 0 Å². The van der Waals surface area contributed by atoms with Crippen LogP contribution in [0.15, 0.2) is 17.5 Å². The fourth-order valence-corrected chi connectivity index (χ4v) is 3.63. The quantitative estimate of drug-likeness (QED) is 0.841. The van der Waals surface area contributed by atoms with Crippen LogP contribution in [0.2, 0.25) is 0 Å². The highest BCUT2D eigenvalue weighted by molar-refractivity contribution is 7.09. The molecule has 2 heterocycles. The smallest absolute Gasteiger partial charge is 0.303 e. The number of piperidine rings is 1. The number of rotatable bonds is 7. The highest BCUT2D eigenvalue weighted by Crippen LogP contribution is 2.22. The SMILES string of the molecule is O=C(O)CCC1CCCN(C(=O)CCCc2cccs2)C1. The summed E-state index contributed by atoms with van der Waals surface area (Å²) in [5.41, 5.74) is 0. The van der Waals surface area contributed by atoms with Gasteiger partial charge >= 0.3 is 5.97 Å². The average molecular weight is 309 g/mol. The van der Waals surface area contributed by atoms with Crippen LogP contribution >= 0.6 is 11.3 Å². The normalized spacial score (nSPS) is 18.7. The largest absolute Gasteiger partial charge is 0.481 e. The van der Waals surface area contributed by atoms with E-state index in [4.69, 9.17) is 5.11 Å². The second kappa shape index (κ2) is 8.17. The van der Waals surface area contributed by atoms with Crippen LogP contribution in [0.4, 0.5) is 0 Å². The molecule has 4 nitrogen and oxygen atoms in total. The zero-order valence-electron chi connectivity index (χ0n) is 12.3. The maximum absolute atomic E-state index is 12.2. The summed E-state index contributed by atoms with van der Waals surface area (Å²) in [6, 6.07) is 4.15. The average Bonchev–Trinajstić information content (AvgIpc) is 2.98. The van der Waals surface area contributed by atoms with E-state index in [2.05, 4.69) is 11.4 Å². The van der Waals surface area contributed by atoms with Gasteiger partial charge in [0.25, 0.3) is 0 Å². The van der Waals surface area contributed by atoms with E-state index in [-0.39, 0.29) is 12.3 Å². The molecule has 1 amide bonds. The third-order valence-corrected chi connectivity index (χ3v) is 4.97. The zero-order valence-corrected chi connectivity index (χ0v) is 13.1. The Bertz CT molecular complexity index is 458. The van der Waals surface area contributed by atoms with Crippen molar-refractivity contribution in [3.05, 3.63) is 22.4 Å². The molecule has 1 atom stereocenters. The molecule has 1 unspecified atom stereocenters. The first kappa shape index (κ1) is 16.0. The van der Waals surface area contributed by atoms with Gasteiger partial charge in [0.2, 0.25) is 5.91 Å². The summed E-state index contributed by atoms with van der Waals surface area (Å²) in [5.74, 6) is -0.155. The van der Waals surface area contributed by atoms with Gasteiger partial charge < -0.3 is 10.0 Å². The molecule has 0 saturated carbocycles. The Morgan fingerprint density at radius 1 is 1.38 bits per heavy atom. The van der Waals surface area contributed by atoms with Crippen molar-refractivity contribution in [2.45, 2.75) is 44.9 Å². The number of thiophene rings is 1. The Morgan fingerprint density at radius 2 is 2.24 bits per heavy atom. The van der Waals surface area contributed by atoms with Gasteiger partial charge in [-0.2, -0.15) is 0 Å². The van der Waals surface area contributed by atoms with E-state index in [1.807, 2.05) is 11.0 Å². The molecule has 0 aliphatic carbocycles. The Labute approximate surface area is 129 Å². The predicted octanol–water partition coefficient (Wildman–Crippen LogP) is 3.17. The molecular weight excluding hydrogens is 286 g/mol. The van der Waals surface area contributed by atoms with Crippen LogP contribution < -0.4 is 0 Å². The molecule has 0 bridgehead atoms. The van der Waals surface area contributed by atoms with Gasteiger partial charge in [-0.3, -0.25) is 9.59 Å². The standard InChI is InChI=1S/C16H23NO3S/c18-15(7-1-5-14-6-3-11-21-14)17-10-2-4-13(12-17)8-9-16(19)20/h3,6,11,13H,1-2,4-5,7-10,12H2,(H,19,20). The lowest BCUT2D eigenvalue weighted by Crippen LogP contribution is -2.40. The Hall–Kier alpha value is -1.36. The minimum Gasteiger partial charge on any atom is -0.481 e. The molecule has 116 valence electrons. The lowest BCUT2D eigenvalue weighted by Gasteiger charge is -2.32. The monoisotopic (exact) mass is 309 g/mol. The van der Waals surface area contributed by atoms with Gasteiger partial charge in [-0.15, -0.1) is 11.3 Å². The van der Waals surface area contributed by atoms with Gasteiger partial charge in [-0.25, -0.2) is 0 Å². The van der Waals surface area contributed by atoms with E-state index in [0.717, 1.165) is 38.8 Å². The van der Waals surface area contributed by atoms with Crippen LogP contribution in [0.25, 0.3) is 0 Å². The highest BCUT2D eigenvalue weighted by atomic mass is 32.1. The van der Waals surface area contributed by atoms with Gasteiger partial charge in [0.15, 0.2) is 0 Å². The van der Waals surface area contributed by atoms with E-state index in [1.54, 1.807) is 11.3 Å². The minimum atomic E-state index is -0.741. The summed E-state index contributed by atoms with van der Waals surface area (Å²) in [5, 5.41) is 10.8. The summed E-state index contributed by atoms with van der Waals surface area (Å²) in [6.45, 7) is 1.58. The van der Waals surface area contributed by atoms with Gasteiger partial charge in [-0.1, -0.05) is 6.07 Å². The van der Waals surface area contributed by atoms with Crippen molar-refractivity contribution in [2.24, 2.45) is 5.92 Å². The van der Waals surface area contributed by atoms with Gasteiger partial charge in [0.1, 0.15) is 0 Å². The second-order valence-corrected chi connectivity index (χ2v) is 6.75. The number of aliphatic carboxylic acids is 1. The maximum atomic E-state index is 12.2. The van der Waals surface area contributed by atoms with Crippen LogP contribution in [-0.2, 0) is 16.0 Å². The van der Waals surface area contributed by atoms with Crippen LogP contribution in [0.1, 0.15) is 43.4 Å². The van der Waals surface area contributed by atoms with Gasteiger partial charge in [0.05, 0.1) is 0 Å². The number of likely N-dealkylation sites (tertiary alicyclic amines) is 1. The lowest BCUT2D eigenvalue weighted by molar-refractivity contribution is -0.137. The Morgan fingerprint density at radius 3 is 2.95 bits per heavy atom. The minimum absolute atomic E-state index is 0.213. The zero-order chi connectivity index (χ0) is 15.1. The molecule has 21 heavy (non-hydrogen) atoms. The van der Waals surface area contributed by atoms with Gasteiger partial charge in [-0.05, 0) is 49.5 Å². The molecule has 0 radical (unpaired) electrons. The van der Waals surface area contributed by atoms with E-state index < -0.39 is 5.97 Å². The third kappa shape index (κ3) is 5.50.